The molecule has 152 valence electrons. The zero-order valence-corrected chi connectivity index (χ0v) is 16.3. The Morgan fingerprint density at radius 3 is 2.62 bits per heavy atom. The molecule has 2 amide bonds. The molecule has 2 aliphatic heterocycles. The summed E-state index contributed by atoms with van der Waals surface area (Å²) in [5.74, 6) is -0.256. The Morgan fingerprint density at radius 1 is 1.07 bits per heavy atom. The van der Waals surface area contributed by atoms with Gasteiger partial charge in [-0.3, -0.25) is 9.59 Å². The first kappa shape index (κ1) is 19.6. The number of halogens is 1. The second-order valence-corrected chi connectivity index (χ2v) is 7.62. The van der Waals surface area contributed by atoms with Crippen LogP contribution < -0.4 is 0 Å². The van der Waals surface area contributed by atoms with Crippen molar-refractivity contribution < 1.29 is 18.7 Å². The Kier molecular flexibility index (Phi) is 5.90. The number of hydrogen-bond donors (Lipinski definition) is 0. The van der Waals surface area contributed by atoms with Crippen molar-refractivity contribution in [3.05, 3.63) is 71.5 Å². The molecule has 2 heterocycles. The van der Waals surface area contributed by atoms with Crippen LogP contribution in [0.15, 0.2) is 54.6 Å². The monoisotopic (exact) mass is 396 g/mol. The van der Waals surface area contributed by atoms with Crippen LogP contribution in [0.1, 0.15) is 24.0 Å². The van der Waals surface area contributed by atoms with Gasteiger partial charge in [0.1, 0.15) is 5.82 Å². The van der Waals surface area contributed by atoms with Gasteiger partial charge < -0.3 is 14.5 Å². The fourth-order valence-corrected chi connectivity index (χ4v) is 4.14. The summed E-state index contributed by atoms with van der Waals surface area (Å²) in [6.07, 6.45) is 0.793. The van der Waals surface area contributed by atoms with Gasteiger partial charge in [-0.05, 0) is 23.6 Å². The van der Waals surface area contributed by atoms with Gasteiger partial charge in [0, 0.05) is 26.1 Å². The Labute approximate surface area is 170 Å². The van der Waals surface area contributed by atoms with E-state index in [9.17, 15) is 14.0 Å². The molecule has 0 saturated carbocycles. The fraction of sp³-hybridized carbons (Fsp3) is 0.391. The van der Waals surface area contributed by atoms with E-state index in [-0.39, 0.29) is 36.2 Å². The SMILES string of the molecule is O=C(CCc1ccccc1F)N1C[C@@H]2OCCC(=O)N(Cc3ccccc3)[C@H]2C1. The molecule has 2 aliphatic rings. The molecule has 0 bridgehead atoms. The van der Waals surface area contributed by atoms with Crippen LogP contribution in [0, 0.1) is 5.82 Å². The number of likely N-dealkylation sites (tertiary alicyclic amines) is 1. The van der Waals surface area contributed by atoms with Crippen molar-refractivity contribution >= 4 is 11.8 Å². The molecule has 2 atom stereocenters. The van der Waals surface area contributed by atoms with Gasteiger partial charge in [0.15, 0.2) is 0 Å². The van der Waals surface area contributed by atoms with Crippen molar-refractivity contribution in [2.45, 2.75) is 38.0 Å². The number of carbonyl (C=O) groups excluding carboxylic acids is 2. The largest absolute Gasteiger partial charge is 0.374 e. The van der Waals surface area contributed by atoms with Gasteiger partial charge in [0.25, 0.3) is 0 Å². The molecule has 0 radical (unpaired) electrons. The first-order chi connectivity index (χ1) is 14.1. The van der Waals surface area contributed by atoms with E-state index in [2.05, 4.69) is 0 Å². The topological polar surface area (TPSA) is 49.9 Å². The molecule has 29 heavy (non-hydrogen) atoms. The van der Waals surface area contributed by atoms with Crippen LogP contribution in [0.5, 0.6) is 0 Å². The Morgan fingerprint density at radius 2 is 1.83 bits per heavy atom. The van der Waals surface area contributed by atoms with Gasteiger partial charge >= 0.3 is 0 Å². The summed E-state index contributed by atoms with van der Waals surface area (Å²) in [6.45, 7) is 1.82. The molecule has 2 fully saturated rings. The van der Waals surface area contributed by atoms with E-state index < -0.39 is 0 Å². The van der Waals surface area contributed by atoms with Crippen molar-refractivity contribution in [2.24, 2.45) is 0 Å². The lowest BCUT2D eigenvalue weighted by atomic mass is 10.1. The summed E-state index contributed by atoms with van der Waals surface area (Å²) in [6, 6.07) is 16.3. The van der Waals surface area contributed by atoms with Crippen LogP contribution in [-0.2, 0) is 27.3 Å². The van der Waals surface area contributed by atoms with E-state index in [4.69, 9.17) is 4.74 Å². The highest BCUT2D eigenvalue weighted by atomic mass is 19.1. The predicted octanol–water partition coefficient (Wildman–Crippen LogP) is 2.79. The van der Waals surface area contributed by atoms with Gasteiger partial charge in [-0.15, -0.1) is 0 Å². The minimum absolute atomic E-state index is 0.0305. The Bertz CT molecular complexity index is 873. The molecule has 2 aromatic carbocycles. The first-order valence-corrected chi connectivity index (χ1v) is 10.1. The van der Waals surface area contributed by atoms with Crippen molar-refractivity contribution in [1.29, 1.82) is 0 Å². The molecule has 6 heteroatoms. The third-order valence-corrected chi connectivity index (χ3v) is 5.72. The second kappa shape index (κ2) is 8.74. The highest BCUT2D eigenvalue weighted by molar-refractivity contribution is 5.79. The predicted molar refractivity (Wildman–Crippen MR) is 106 cm³/mol. The van der Waals surface area contributed by atoms with E-state index in [1.165, 1.54) is 6.07 Å². The number of nitrogens with zero attached hydrogens (tertiary/aromatic N) is 2. The summed E-state index contributed by atoms with van der Waals surface area (Å²) < 4.78 is 19.7. The Balaban J connectivity index is 1.42. The van der Waals surface area contributed by atoms with Gasteiger partial charge in [0.05, 0.1) is 25.2 Å². The third-order valence-electron chi connectivity index (χ3n) is 5.72. The summed E-state index contributed by atoms with van der Waals surface area (Å²) in [5.41, 5.74) is 1.61. The normalized spacial score (nSPS) is 21.8. The molecule has 0 aromatic heterocycles. The minimum Gasteiger partial charge on any atom is -0.374 e. The zero-order valence-electron chi connectivity index (χ0n) is 16.3. The summed E-state index contributed by atoms with van der Waals surface area (Å²) >= 11 is 0. The standard InChI is InChI=1S/C23H25FN2O3/c24-19-9-5-4-8-18(19)10-11-22(27)25-15-20-21(16-25)29-13-12-23(28)26(20)14-17-6-2-1-3-7-17/h1-9,20-21H,10-16H2/t20-,21-/m0/s1. The molecule has 0 N–H and O–H groups in total. The molecule has 0 aliphatic carbocycles. The maximum Gasteiger partial charge on any atom is 0.225 e. The number of hydrogen-bond acceptors (Lipinski definition) is 3. The summed E-state index contributed by atoms with van der Waals surface area (Å²) in [4.78, 5) is 29.1. The zero-order chi connectivity index (χ0) is 20.2. The van der Waals surface area contributed by atoms with E-state index >= 15 is 0 Å². The van der Waals surface area contributed by atoms with E-state index in [0.717, 1.165) is 5.56 Å². The number of benzene rings is 2. The van der Waals surface area contributed by atoms with Crippen molar-refractivity contribution in [2.75, 3.05) is 19.7 Å². The van der Waals surface area contributed by atoms with Crippen molar-refractivity contribution in [3.63, 3.8) is 0 Å². The lowest BCUT2D eigenvalue weighted by Gasteiger charge is -2.29. The molecule has 2 saturated heterocycles. The Hall–Kier alpha value is -2.73. The number of rotatable bonds is 5. The average molecular weight is 396 g/mol. The molecule has 0 unspecified atom stereocenters. The van der Waals surface area contributed by atoms with Gasteiger partial charge in [-0.2, -0.15) is 0 Å². The number of carbonyl (C=O) groups is 2. The third kappa shape index (κ3) is 4.48. The maximum absolute atomic E-state index is 13.8. The maximum atomic E-state index is 13.8. The molecular formula is C23H25FN2O3. The van der Waals surface area contributed by atoms with E-state index in [0.29, 0.717) is 44.6 Å². The van der Waals surface area contributed by atoms with Crippen LogP contribution >= 0.6 is 0 Å². The molecule has 0 spiro atoms. The average Bonchev–Trinajstić information content (AvgIpc) is 3.10. The number of amides is 2. The summed E-state index contributed by atoms with van der Waals surface area (Å²) in [7, 11) is 0. The quantitative estimate of drug-likeness (QED) is 0.781. The molecule has 5 nitrogen and oxygen atoms in total. The fourth-order valence-electron chi connectivity index (χ4n) is 4.14. The first-order valence-electron chi connectivity index (χ1n) is 10.1. The highest BCUT2D eigenvalue weighted by Crippen LogP contribution is 2.26. The van der Waals surface area contributed by atoms with Crippen LogP contribution in [-0.4, -0.2) is 53.5 Å². The van der Waals surface area contributed by atoms with Crippen LogP contribution in [0.3, 0.4) is 0 Å². The van der Waals surface area contributed by atoms with Crippen molar-refractivity contribution in [1.82, 2.24) is 9.80 Å². The van der Waals surface area contributed by atoms with Gasteiger partial charge in [-0.1, -0.05) is 48.5 Å². The van der Waals surface area contributed by atoms with Crippen LogP contribution in [0.4, 0.5) is 4.39 Å². The van der Waals surface area contributed by atoms with Crippen LogP contribution in [0.2, 0.25) is 0 Å². The number of fused-ring (bicyclic) bond motifs is 1. The van der Waals surface area contributed by atoms with Gasteiger partial charge in [0.2, 0.25) is 11.8 Å². The van der Waals surface area contributed by atoms with E-state index in [1.807, 2.05) is 35.2 Å². The minimum atomic E-state index is -0.283. The second-order valence-electron chi connectivity index (χ2n) is 7.62. The number of ether oxygens (including phenoxy) is 1. The van der Waals surface area contributed by atoms with E-state index in [1.54, 1.807) is 23.1 Å². The summed E-state index contributed by atoms with van der Waals surface area (Å²) in [5, 5.41) is 0. The lowest BCUT2D eigenvalue weighted by molar-refractivity contribution is -0.135. The molecular weight excluding hydrogens is 371 g/mol. The molecule has 2 aromatic rings. The highest BCUT2D eigenvalue weighted by Gasteiger charge is 2.42. The smallest absolute Gasteiger partial charge is 0.225 e. The van der Waals surface area contributed by atoms with Gasteiger partial charge in [-0.25, -0.2) is 4.39 Å². The van der Waals surface area contributed by atoms with Crippen molar-refractivity contribution in [3.8, 4) is 0 Å². The van der Waals surface area contributed by atoms with Crippen LogP contribution in [0.25, 0.3) is 0 Å². The lowest BCUT2D eigenvalue weighted by Crippen LogP contribution is -2.45. The molecule has 4 rings (SSSR count). The number of aryl methyl sites for hydroxylation is 1.